The van der Waals surface area contributed by atoms with Crippen LogP contribution in [0, 0.1) is 0 Å². The van der Waals surface area contributed by atoms with E-state index >= 15 is 0 Å². The summed E-state index contributed by atoms with van der Waals surface area (Å²) in [4.78, 5) is 12.1. The summed E-state index contributed by atoms with van der Waals surface area (Å²) in [6.45, 7) is 0.288. The first-order chi connectivity index (χ1) is 10.6. The number of halogens is 1. The third kappa shape index (κ3) is 2.40. The van der Waals surface area contributed by atoms with Crippen LogP contribution in [0.5, 0.6) is 0 Å². The number of aliphatic hydroxyl groups excluding tert-OH is 1. The summed E-state index contributed by atoms with van der Waals surface area (Å²) < 4.78 is 17.8. The zero-order chi connectivity index (χ0) is 15.9. The fourth-order valence-corrected chi connectivity index (χ4v) is 2.84. The van der Waals surface area contributed by atoms with Crippen LogP contribution in [0.3, 0.4) is 0 Å². The Kier molecular flexibility index (Phi) is 4.15. The van der Waals surface area contributed by atoms with Gasteiger partial charge in [0.2, 0.25) is 5.95 Å². The summed E-state index contributed by atoms with van der Waals surface area (Å²) in [6.07, 6.45) is -1.13. The van der Waals surface area contributed by atoms with Gasteiger partial charge in [-0.25, -0.2) is 4.98 Å². The van der Waals surface area contributed by atoms with Gasteiger partial charge in [-0.05, 0) is 0 Å². The molecule has 2 aromatic heterocycles. The largest absolute Gasteiger partial charge is 0.386 e. The molecule has 0 aliphatic carbocycles. The number of aliphatic hydroxyl groups is 1. The smallest absolute Gasteiger partial charge is 0.223 e. The van der Waals surface area contributed by atoms with Gasteiger partial charge in [0, 0.05) is 14.2 Å². The van der Waals surface area contributed by atoms with E-state index in [9.17, 15) is 5.11 Å². The Morgan fingerprint density at radius 3 is 2.91 bits per heavy atom. The minimum atomic E-state index is -0.919. The van der Waals surface area contributed by atoms with Crippen molar-refractivity contribution < 1.29 is 19.3 Å². The second-order valence-electron chi connectivity index (χ2n) is 4.91. The molecule has 10 heteroatoms. The molecule has 0 bridgehead atoms. The number of hydrogen-bond donors (Lipinski definition) is 2. The van der Waals surface area contributed by atoms with Crippen molar-refractivity contribution in [3.63, 3.8) is 0 Å². The Balaban J connectivity index is 2.01. The van der Waals surface area contributed by atoms with Crippen molar-refractivity contribution in [2.24, 2.45) is 0 Å². The zero-order valence-corrected chi connectivity index (χ0v) is 12.8. The lowest BCUT2D eigenvalue weighted by Gasteiger charge is -2.18. The van der Waals surface area contributed by atoms with Gasteiger partial charge in [-0.2, -0.15) is 9.97 Å². The molecule has 3 N–H and O–H groups in total. The number of imidazole rings is 1. The molecule has 0 saturated carbocycles. The lowest BCUT2D eigenvalue weighted by molar-refractivity contribution is -0.0612. The predicted octanol–water partition coefficient (Wildman–Crippen LogP) is -0.0184. The molecule has 0 unspecified atom stereocenters. The van der Waals surface area contributed by atoms with E-state index in [1.54, 1.807) is 11.7 Å². The normalized spacial score (nSPS) is 28.5. The number of ether oxygens (including phenoxy) is 3. The fraction of sp³-hybridized carbons (Fsp3) is 0.583. The average Bonchev–Trinajstić information content (AvgIpc) is 3.01. The Morgan fingerprint density at radius 1 is 1.45 bits per heavy atom. The van der Waals surface area contributed by atoms with Gasteiger partial charge < -0.3 is 25.1 Å². The molecule has 0 radical (unpaired) electrons. The third-order valence-corrected chi connectivity index (χ3v) is 3.85. The number of aromatic nitrogens is 4. The van der Waals surface area contributed by atoms with E-state index in [1.807, 2.05) is 0 Å². The first-order valence-corrected chi connectivity index (χ1v) is 6.95. The number of nitrogens with zero attached hydrogens (tertiary/aromatic N) is 4. The molecular formula is C12H16ClN5O4. The summed E-state index contributed by atoms with van der Waals surface area (Å²) in [5.41, 5.74) is 6.39. The average molecular weight is 330 g/mol. The molecule has 0 aromatic carbocycles. The fourth-order valence-electron chi connectivity index (χ4n) is 2.62. The standard InChI is InChI=1S/C12H16ClN5O4/c1-20-3-5-8(21-2)7(19)11(22-5)18-4-15-6-9(13)16-12(14)17-10(6)18/h4-5,7-8,11,19H,3H2,1-2H3,(H2,14,16,17)/t5-,7-,8-,11-/m1/s1. The highest BCUT2D eigenvalue weighted by atomic mass is 35.5. The number of nitrogens with two attached hydrogens (primary N) is 1. The van der Waals surface area contributed by atoms with Crippen molar-refractivity contribution in [1.82, 2.24) is 19.5 Å². The van der Waals surface area contributed by atoms with E-state index in [-0.39, 0.29) is 17.7 Å². The topological polar surface area (TPSA) is 118 Å². The van der Waals surface area contributed by atoms with Crippen molar-refractivity contribution in [3.05, 3.63) is 11.5 Å². The molecule has 1 aliphatic heterocycles. The van der Waals surface area contributed by atoms with Crippen molar-refractivity contribution in [2.45, 2.75) is 24.5 Å². The van der Waals surface area contributed by atoms with Gasteiger partial charge >= 0.3 is 0 Å². The number of rotatable bonds is 4. The monoisotopic (exact) mass is 329 g/mol. The van der Waals surface area contributed by atoms with Crippen LogP contribution >= 0.6 is 11.6 Å². The highest BCUT2D eigenvalue weighted by Crippen LogP contribution is 2.33. The van der Waals surface area contributed by atoms with Crippen molar-refractivity contribution in [2.75, 3.05) is 26.6 Å². The van der Waals surface area contributed by atoms with Gasteiger partial charge in [0.05, 0.1) is 12.9 Å². The van der Waals surface area contributed by atoms with Crippen LogP contribution in [0.1, 0.15) is 6.23 Å². The first-order valence-electron chi connectivity index (χ1n) is 6.57. The van der Waals surface area contributed by atoms with Crippen molar-refractivity contribution in [3.8, 4) is 0 Å². The zero-order valence-electron chi connectivity index (χ0n) is 12.0. The molecule has 1 saturated heterocycles. The third-order valence-electron chi connectivity index (χ3n) is 3.58. The second kappa shape index (κ2) is 5.94. The maximum Gasteiger partial charge on any atom is 0.223 e. The summed E-state index contributed by atoms with van der Waals surface area (Å²) in [7, 11) is 3.06. The molecule has 1 aliphatic rings. The van der Waals surface area contributed by atoms with Gasteiger partial charge in [0.15, 0.2) is 17.0 Å². The summed E-state index contributed by atoms with van der Waals surface area (Å²) in [6, 6.07) is 0. The minimum absolute atomic E-state index is 0.0171. The van der Waals surface area contributed by atoms with E-state index in [0.29, 0.717) is 11.2 Å². The van der Waals surface area contributed by atoms with Crippen LogP contribution in [-0.4, -0.2) is 63.8 Å². The number of hydrogen-bond acceptors (Lipinski definition) is 8. The van der Waals surface area contributed by atoms with E-state index in [2.05, 4.69) is 15.0 Å². The maximum absolute atomic E-state index is 10.5. The van der Waals surface area contributed by atoms with Crippen LogP contribution in [0.2, 0.25) is 5.15 Å². The van der Waals surface area contributed by atoms with Gasteiger partial charge in [-0.3, -0.25) is 4.57 Å². The maximum atomic E-state index is 10.5. The van der Waals surface area contributed by atoms with Crippen molar-refractivity contribution >= 4 is 28.7 Å². The van der Waals surface area contributed by atoms with Crippen LogP contribution < -0.4 is 5.73 Å². The molecular weight excluding hydrogens is 314 g/mol. The molecule has 120 valence electrons. The number of anilines is 1. The Labute approximate surface area is 131 Å². The minimum Gasteiger partial charge on any atom is -0.386 e. The first kappa shape index (κ1) is 15.4. The second-order valence-corrected chi connectivity index (χ2v) is 5.27. The summed E-state index contributed by atoms with van der Waals surface area (Å²) >= 11 is 6.00. The molecule has 3 heterocycles. The van der Waals surface area contributed by atoms with Gasteiger partial charge in [-0.15, -0.1) is 0 Å². The van der Waals surface area contributed by atoms with Crippen LogP contribution in [0.25, 0.3) is 11.2 Å². The number of fused-ring (bicyclic) bond motifs is 1. The van der Waals surface area contributed by atoms with E-state index in [0.717, 1.165) is 0 Å². The Bertz CT molecular complexity index is 681. The van der Waals surface area contributed by atoms with Crippen LogP contribution in [0.15, 0.2) is 6.33 Å². The highest BCUT2D eigenvalue weighted by Gasteiger charge is 2.45. The molecule has 22 heavy (non-hydrogen) atoms. The Hall–Kier alpha value is -1.52. The van der Waals surface area contributed by atoms with E-state index in [1.165, 1.54) is 13.4 Å². The SMILES string of the molecule is COC[C@H]1O[C@@H](n2cnc3c(Cl)nc(N)nc32)[C@H](O)[C@@H]1OC. The van der Waals surface area contributed by atoms with E-state index in [4.69, 9.17) is 31.5 Å². The Morgan fingerprint density at radius 2 is 2.23 bits per heavy atom. The predicted molar refractivity (Wildman–Crippen MR) is 77.3 cm³/mol. The molecule has 0 spiro atoms. The number of nitrogen functional groups attached to an aromatic ring is 1. The summed E-state index contributed by atoms with van der Waals surface area (Å²) in [5.74, 6) is 0.0171. The highest BCUT2D eigenvalue weighted by molar-refractivity contribution is 6.33. The lowest BCUT2D eigenvalue weighted by Crippen LogP contribution is -2.35. The molecule has 9 nitrogen and oxygen atoms in total. The molecule has 4 atom stereocenters. The molecule has 3 rings (SSSR count). The summed E-state index contributed by atoms with van der Waals surface area (Å²) in [5, 5.41) is 10.6. The van der Waals surface area contributed by atoms with Gasteiger partial charge in [0.25, 0.3) is 0 Å². The molecule has 2 aromatic rings. The quantitative estimate of drug-likeness (QED) is 0.751. The van der Waals surface area contributed by atoms with Crippen LogP contribution in [-0.2, 0) is 14.2 Å². The molecule has 0 amide bonds. The van der Waals surface area contributed by atoms with Crippen molar-refractivity contribution in [1.29, 1.82) is 0 Å². The lowest BCUT2D eigenvalue weighted by atomic mass is 10.1. The van der Waals surface area contributed by atoms with E-state index < -0.39 is 24.5 Å². The molecule has 1 fully saturated rings. The van der Waals surface area contributed by atoms with Gasteiger partial charge in [-0.1, -0.05) is 11.6 Å². The van der Waals surface area contributed by atoms with Crippen LogP contribution in [0.4, 0.5) is 5.95 Å². The van der Waals surface area contributed by atoms with Gasteiger partial charge in [0.1, 0.15) is 23.8 Å². The number of methoxy groups -OCH3 is 2.